The zero-order valence-corrected chi connectivity index (χ0v) is 12.2. The van der Waals surface area contributed by atoms with E-state index in [2.05, 4.69) is 41.2 Å². The van der Waals surface area contributed by atoms with Crippen molar-refractivity contribution in [3.05, 3.63) is 35.7 Å². The summed E-state index contributed by atoms with van der Waals surface area (Å²) in [6, 6.07) is 8.17. The topological polar surface area (TPSA) is 51.0 Å². The lowest BCUT2D eigenvalue weighted by molar-refractivity contribution is 0.111. The van der Waals surface area contributed by atoms with Gasteiger partial charge in [-0.05, 0) is 44.5 Å². The van der Waals surface area contributed by atoms with Crippen molar-refractivity contribution in [3.63, 3.8) is 0 Å². The highest BCUT2D eigenvalue weighted by molar-refractivity contribution is 5.73. The Morgan fingerprint density at radius 1 is 1.15 bits per heavy atom. The third-order valence-corrected chi connectivity index (χ3v) is 3.46. The number of aromatic nitrogens is 3. The van der Waals surface area contributed by atoms with E-state index in [1.807, 2.05) is 19.1 Å². The second-order valence-corrected chi connectivity index (χ2v) is 4.49. The summed E-state index contributed by atoms with van der Waals surface area (Å²) < 4.78 is 1.73. The van der Waals surface area contributed by atoms with Crippen molar-refractivity contribution in [1.29, 1.82) is 0 Å². The Kier molecular flexibility index (Phi) is 4.50. The van der Waals surface area contributed by atoms with Gasteiger partial charge in [-0.1, -0.05) is 12.1 Å². The molecule has 0 aliphatic heterocycles. The molecule has 5 heteroatoms. The molecule has 0 saturated carbocycles. The fraction of sp³-hybridized carbons (Fsp3) is 0.400. The van der Waals surface area contributed by atoms with Gasteiger partial charge in [0.05, 0.1) is 11.4 Å². The molecular formula is C15H20N4O. The normalized spacial score (nSPS) is 10.6. The van der Waals surface area contributed by atoms with Gasteiger partial charge in [-0.15, -0.1) is 5.10 Å². The number of aldehydes is 1. The summed E-state index contributed by atoms with van der Waals surface area (Å²) in [5.74, 6) is 0. The first-order valence-corrected chi connectivity index (χ1v) is 7.00. The fourth-order valence-electron chi connectivity index (χ4n) is 2.34. The van der Waals surface area contributed by atoms with Crippen LogP contribution in [-0.2, 0) is 6.42 Å². The van der Waals surface area contributed by atoms with E-state index in [0.717, 1.165) is 37.2 Å². The largest absolute Gasteiger partial charge is 0.372 e. The number of carbonyl (C=O) groups excluding carboxylic acids is 1. The lowest BCUT2D eigenvalue weighted by Crippen LogP contribution is -2.21. The van der Waals surface area contributed by atoms with Crippen LogP contribution in [0.4, 0.5) is 5.69 Å². The minimum absolute atomic E-state index is 0.417. The maximum atomic E-state index is 10.9. The van der Waals surface area contributed by atoms with Crippen LogP contribution in [0.3, 0.4) is 0 Å². The molecular weight excluding hydrogens is 252 g/mol. The van der Waals surface area contributed by atoms with Gasteiger partial charge in [-0.3, -0.25) is 4.79 Å². The van der Waals surface area contributed by atoms with E-state index in [9.17, 15) is 4.79 Å². The summed E-state index contributed by atoms with van der Waals surface area (Å²) in [6.45, 7) is 8.23. The Morgan fingerprint density at radius 2 is 1.80 bits per heavy atom. The molecule has 1 heterocycles. The first kappa shape index (κ1) is 14.2. The van der Waals surface area contributed by atoms with E-state index in [0.29, 0.717) is 5.69 Å². The molecule has 0 aliphatic rings. The van der Waals surface area contributed by atoms with E-state index >= 15 is 0 Å². The molecule has 1 aromatic heterocycles. The van der Waals surface area contributed by atoms with Crippen LogP contribution in [0.2, 0.25) is 0 Å². The van der Waals surface area contributed by atoms with Gasteiger partial charge in [0.25, 0.3) is 0 Å². The van der Waals surface area contributed by atoms with E-state index in [4.69, 9.17) is 0 Å². The molecule has 5 nitrogen and oxygen atoms in total. The van der Waals surface area contributed by atoms with E-state index in [1.54, 1.807) is 4.68 Å². The fourth-order valence-corrected chi connectivity index (χ4v) is 2.34. The van der Waals surface area contributed by atoms with Crippen LogP contribution < -0.4 is 4.90 Å². The first-order chi connectivity index (χ1) is 9.74. The Bertz CT molecular complexity index is 570. The van der Waals surface area contributed by atoms with Crippen molar-refractivity contribution in [2.75, 3.05) is 18.0 Å². The molecule has 0 bridgehead atoms. The summed E-state index contributed by atoms with van der Waals surface area (Å²) in [4.78, 5) is 13.2. The van der Waals surface area contributed by atoms with E-state index in [1.165, 1.54) is 5.69 Å². The number of nitrogens with zero attached hydrogens (tertiary/aromatic N) is 4. The summed E-state index contributed by atoms with van der Waals surface area (Å²) in [5, 5.41) is 7.97. The van der Waals surface area contributed by atoms with Crippen LogP contribution >= 0.6 is 0 Å². The molecule has 1 aromatic carbocycles. The van der Waals surface area contributed by atoms with Crippen molar-refractivity contribution < 1.29 is 4.79 Å². The van der Waals surface area contributed by atoms with Gasteiger partial charge in [0.1, 0.15) is 5.69 Å². The monoisotopic (exact) mass is 272 g/mol. The molecule has 0 atom stereocenters. The number of hydrogen-bond donors (Lipinski definition) is 0. The zero-order valence-electron chi connectivity index (χ0n) is 12.2. The average molecular weight is 272 g/mol. The molecule has 0 fully saturated rings. The highest BCUT2D eigenvalue weighted by atomic mass is 16.1. The van der Waals surface area contributed by atoms with E-state index in [-0.39, 0.29) is 0 Å². The third-order valence-electron chi connectivity index (χ3n) is 3.46. The Hall–Kier alpha value is -2.17. The number of anilines is 1. The molecule has 2 rings (SSSR count). The average Bonchev–Trinajstić information content (AvgIpc) is 2.92. The molecule has 0 spiro atoms. The molecule has 20 heavy (non-hydrogen) atoms. The van der Waals surface area contributed by atoms with Crippen molar-refractivity contribution in [2.45, 2.75) is 27.2 Å². The minimum Gasteiger partial charge on any atom is -0.372 e. The van der Waals surface area contributed by atoms with Crippen molar-refractivity contribution in [1.82, 2.24) is 15.0 Å². The minimum atomic E-state index is 0.417. The van der Waals surface area contributed by atoms with Crippen molar-refractivity contribution in [3.8, 4) is 5.69 Å². The predicted octanol–water partition coefficient (Wildman–Crippen LogP) is 2.49. The second-order valence-electron chi connectivity index (χ2n) is 4.49. The number of hydrogen-bond acceptors (Lipinski definition) is 4. The van der Waals surface area contributed by atoms with Crippen molar-refractivity contribution >= 4 is 12.0 Å². The van der Waals surface area contributed by atoms with Crippen LogP contribution in [0, 0.1) is 0 Å². The summed E-state index contributed by atoms with van der Waals surface area (Å²) in [6.07, 6.45) is 1.48. The van der Waals surface area contributed by atoms with Gasteiger partial charge in [0.2, 0.25) is 0 Å². The van der Waals surface area contributed by atoms with Crippen LogP contribution in [0.25, 0.3) is 5.69 Å². The molecule has 0 saturated heterocycles. The molecule has 0 amide bonds. The highest BCUT2D eigenvalue weighted by Crippen LogP contribution is 2.18. The summed E-state index contributed by atoms with van der Waals surface area (Å²) in [5.41, 5.74) is 3.38. The lowest BCUT2D eigenvalue weighted by atomic mass is 10.2. The van der Waals surface area contributed by atoms with Gasteiger partial charge in [0.15, 0.2) is 6.29 Å². The van der Waals surface area contributed by atoms with Crippen LogP contribution in [0.5, 0.6) is 0 Å². The number of carbonyl (C=O) groups is 1. The maximum absolute atomic E-state index is 10.9. The molecule has 0 N–H and O–H groups in total. The second kappa shape index (κ2) is 6.32. The summed E-state index contributed by atoms with van der Waals surface area (Å²) >= 11 is 0. The quantitative estimate of drug-likeness (QED) is 0.758. The van der Waals surface area contributed by atoms with Crippen molar-refractivity contribution in [2.24, 2.45) is 0 Å². The smallest absolute Gasteiger partial charge is 0.172 e. The van der Waals surface area contributed by atoms with Crippen LogP contribution in [-0.4, -0.2) is 34.4 Å². The Morgan fingerprint density at radius 3 is 2.30 bits per heavy atom. The predicted molar refractivity (Wildman–Crippen MR) is 79.7 cm³/mol. The summed E-state index contributed by atoms with van der Waals surface area (Å²) in [7, 11) is 0. The Balaban J connectivity index is 2.35. The van der Waals surface area contributed by atoms with E-state index < -0.39 is 0 Å². The lowest BCUT2D eigenvalue weighted by Gasteiger charge is -2.21. The Labute approximate surface area is 119 Å². The molecule has 106 valence electrons. The molecule has 0 unspecified atom stereocenters. The van der Waals surface area contributed by atoms with Gasteiger partial charge in [-0.25, -0.2) is 4.68 Å². The SMILES string of the molecule is CCc1c(C=O)nnn1-c1ccc(N(CC)CC)cc1. The molecule has 2 aromatic rings. The standard InChI is InChI=1S/C15H20N4O/c1-4-15-14(11-20)16-17-19(15)13-9-7-12(8-10-13)18(5-2)6-3/h7-11H,4-6H2,1-3H3. The van der Waals surface area contributed by atoms with Gasteiger partial charge >= 0.3 is 0 Å². The highest BCUT2D eigenvalue weighted by Gasteiger charge is 2.12. The first-order valence-electron chi connectivity index (χ1n) is 7.00. The van der Waals surface area contributed by atoms with Gasteiger partial charge < -0.3 is 4.90 Å². The zero-order chi connectivity index (χ0) is 14.5. The molecule has 0 radical (unpaired) electrons. The third kappa shape index (κ3) is 2.57. The van der Waals surface area contributed by atoms with Crippen LogP contribution in [0.15, 0.2) is 24.3 Å². The number of rotatable bonds is 6. The molecule has 0 aliphatic carbocycles. The van der Waals surface area contributed by atoms with Gasteiger partial charge in [-0.2, -0.15) is 0 Å². The number of benzene rings is 1. The van der Waals surface area contributed by atoms with Gasteiger partial charge in [0, 0.05) is 18.8 Å². The maximum Gasteiger partial charge on any atom is 0.172 e. The van der Waals surface area contributed by atoms with Crippen LogP contribution in [0.1, 0.15) is 37.0 Å².